The minimum Gasteiger partial charge on any atom is -0.606 e. The molecular weight excluding hydrogens is 380 g/mol. The van der Waals surface area contributed by atoms with Crippen LogP contribution in [0.2, 0.25) is 0 Å². The largest absolute Gasteiger partial charge is 0.606 e. The van der Waals surface area contributed by atoms with Gasteiger partial charge in [-0.25, -0.2) is 9.80 Å². The predicted molar refractivity (Wildman–Crippen MR) is 101 cm³/mol. The fourth-order valence-corrected chi connectivity index (χ4v) is 3.92. The summed E-state index contributed by atoms with van der Waals surface area (Å²) in [7, 11) is 0. The zero-order valence-electron chi connectivity index (χ0n) is 14.3. The van der Waals surface area contributed by atoms with E-state index in [0.29, 0.717) is 21.2 Å². The molecule has 8 heteroatoms. The Kier molecular flexibility index (Phi) is 4.42. The van der Waals surface area contributed by atoms with Gasteiger partial charge in [-0.1, -0.05) is 0 Å². The van der Waals surface area contributed by atoms with Gasteiger partial charge < -0.3 is 4.55 Å². The quantitative estimate of drug-likeness (QED) is 0.583. The molecule has 0 N–H and O–H groups in total. The van der Waals surface area contributed by atoms with Crippen LogP contribution in [0.1, 0.15) is 0 Å². The van der Waals surface area contributed by atoms with Gasteiger partial charge in [0, 0.05) is 35.5 Å². The van der Waals surface area contributed by atoms with E-state index in [-0.39, 0.29) is 0 Å². The van der Waals surface area contributed by atoms with Gasteiger partial charge in [-0.2, -0.15) is 0 Å². The topological polar surface area (TPSA) is 97.8 Å². The molecule has 2 aromatic carbocycles. The maximum absolute atomic E-state index is 12.8. The second-order valence-corrected chi connectivity index (χ2v) is 7.43. The van der Waals surface area contributed by atoms with Crippen LogP contribution in [-0.4, -0.2) is 28.2 Å². The van der Waals surface area contributed by atoms with E-state index < -0.39 is 34.8 Å². The normalized spacial score (nSPS) is 16.2. The molecule has 0 radical (unpaired) electrons. The highest BCUT2D eigenvalue weighted by molar-refractivity contribution is 7.91. The second-order valence-electron chi connectivity index (χ2n) is 5.95. The smallest absolute Gasteiger partial charge is 0.258 e. The molecule has 0 aliphatic carbocycles. The molecule has 4 rings (SSSR count). The average Bonchev–Trinajstić information content (AvgIpc) is 3.22. The molecular formula is C20H12N2O5S. The van der Waals surface area contributed by atoms with Crippen molar-refractivity contribution in [3.05, 3.63) is 72.8 Å². The number of anilines is 2. The fourth-order valence-electron chi connectivity index (χ4n) is 2.88. The van der Waals surface area contributed by atoms with E-state index in [4.69, 9.17) is 0 Å². The van der Waals surface area contributed by atoms with Crippen molar-refractivity contribution in [2.24, 2.45) is 0 Å². The molecule has 4 amide bonds. The Morgan fingerprint density at radius 2 is 0.821 bits per heavy atom. The number of carbonyl (C=O) groups excluding carboxylic acids is 4. The number of imide groups is 2. The van der Waals surface area contributed by atoms with Crippen LogP contribution in [0, 0.1) is 0 Å². The van der Waals surface area contributed by atoms with Crippen molar-refractivity contribution >= 4 is 46.2 Å². The van der Waals surface area contributed by atoms with Crippen LogP contribution in [0.4, 0.5) is 11.4 Å². The average molecular weight is 392 g/mol. The highest BCUT2D eigenvalue weighted by Crippen LogP contribution is 2.27. The monoisotopic (exact) mass is 392 g/mol. The molecule has 28 heavy (non-hydrogen) atoms. The SMILES string of the molecule is O=C1C=CC(=O)N1c1ccc([S+]([O-])c2ccc(N3C(=O)C=CC3=O)cc2)cc1. The number of nitrogens with zero attached hydrogens (tertiary/aromatic N) is 2. The Labute approximate surface area is 162 Å². The molecule has 7 nitrogen and oxygen atoms in total. The first-order valence-electron chi connectivity index (χ1n) is 8.20. The minimum absolute atomic E-state index is 0.398. The summed E-state index contributed by atoms with van der Waals surface area (Å²) in [6.07, 6.45) is 4.78. The van der Waals surface area contributed by atoms with E-state index in [9.17, 15) is 23.7 Å². The highest BCUT2D eigenvalue weighted by atomic mass is 32.2. The van der Waals surface area contributed by atoms with Gasteiger partial charge in [0.2, 0.25) is 0 Å². The molecule has 2 aromatic rings. The summed E-state index contributed by atoms with van der Waals surface area (Å²) in [5, 5.41) is 0. The maximum atomic E-state index is 12.8. The second kappa shape index (κ2) is 6.91. The zero-order chi connectivity index (χ0) is 19.8. The van der Waals surface area contributed by atoms with Gasteiger partial charge in [-0.3, -0.25) is 19.2 Å². The van der Waals surface area contributed by atoms with Gasteiger partial charge in [0.1, 0.15) is 0 Å². The Balaban J connectivity index is 1.52. The van der Waals surface area contributed by atoms with Crippen LogP contribution in [0.3, 0.4) is 0 Å². The van der Waals surface area contributed by atoms with Crippen LogP contribution in [-0.2, 0) is 30.4 Å². The van der Waals surface area contributed by atoms with E-state index in [2.05, 4.69) is 0 Å². The van der Waals surface area contributed by atoms with Gasteiger partial charge in [0.05, 0.1) is 11.4 Å². The van der Waals surface area contributed by atoms with E-state index in [1.165, 1.54) is 24.3 Å². The lowest BCUT2D eigenvalue weighted by Crippen LogP contribution is -2.29. The molecule has 0 spiro atoms. The predicted octanol–water partition coefficient (Wildman–Crippen LogP) is 1.71. The minimum atomic E-state index is -1.51. The van der Waals surface area contributed by atoms with Crippen molar-refractivity contribution in [1.29, 1.82) is 0 Å². The van der Waals surface area contributed by atoms with Gasteiger partial charge in [-0.05, 0) is 48.5 Å². The Morgan fingerprint density at radius 3 is 1.11 bits per heavy atom. The van der Waals surface area contributed by atoms with E-state index >= 15 is 0 Å². The number of carbonyl (C=O) groups is 4. The Bertz CT molecular complexity index is 936. The molecule has 0 saturated carbocycles. The number of amides is 4. The van der Waals surface area contributed by atoms with Crippen molar-refractivity contribution in [2.45, 2.75) is 9.79 Å². The van der Waals surface area contributed by atoms with Crippen molar-refractivity contribution in [2.75, 3.05) is 9.80 Å². The van der Waals surface area contributed by atoms with E-state index in [1.807, 2.05) is 0 Å². The Hall–Kier alpha value is -3.49. The van der Waals surface area contributed by atoms with Crippen LogP contribution in [0.5, 0.6) is 0 Å². The molecule has 0 unspecified atom stereocenters. The molecule has 2 aliphatic rings. The van der Waals surface area contributed by atoms with Gasteiger partial charge in [-0.15, -0.1) is 0 Å². The zero-order valence-corrected chi connectivity index (χ0v) is 15.1. The third kappa shape index (κ3) is 3.04. The van der Waals surface area contributed by atoms with Crippen LogP contribution in [0.15, 0.2) is 82.6 Å². The summed E-state index contributed by atoms with van der Waals surface area (Å²) in [5.74, 6) is -1.69. The van der Waals surface area contributed by atoms with Crippen LogP contribution < -0.4 is 9.80 Å². The van der Waals surface area contributed by atoms with Gasteiger partial charge in [0.15, 0.2) is 9.79 Å². The summed E-state index contributed by atoms with van der Waals surface area (Å²) in [5.41, 5.74) is 0.796. The third-order valence-corrected chi connectivity index (χ3v) is 5.64. The van der Waals surface area contributed by atoms with Crippen LogP contribution in [0.25, 0.3) is 0 Å². The van der Waals surface area contributed by atoms with Crippen LogP contribution >= 0.6 is 0 Å². The van der Waals surface area contributed by atoms with E-state index in [0.717, 1.165) is 9.80 Å². The van der Waals surface area contributed by atoms with Gasteiger partial charge >= 0.3 is 0 Å². The van der Waals surface area contributed by atoms with E-state index in [1.54, 1.807) is 48.5 Å². The number of benzene rings is 2. The number of hydrogen-bond acceptors (Lipinski definition) is 5. The molecule has 0 aromatic heterocycles. The molecule has 2 heterocycles. The summed E-state index contributed by atoms with van der Waals surface area (Å²) in [4.78, 5) is 49.9. The van der Waals surface area contributed by atoms with Crippen molar-refractivity contribution in [3.63, 3.8) is 0 Å². The van der Waals surface area contributed by atoms with Crippen molar-refractivity contribution in [3.8, 4) is 0 Å². The summed E-state index contributed by atoms with van der Waals surface area (Å²) in [6, 6.07) is 12.5. The number of hydrogen-bond donors (Lipinski definition) is 0. The molecule has 138 valence electrons. The van der Waals surface area contributed by atoms with Crippen molar-refractivity contribution in [1.82, 2.24) is 0 Å². The first-order chi connectivity index (χ1) is 13.5. The summed E-state index contributed by atoms with van der Waals surface area (Å²) in [6.45, 7) is 0. The fraction of sp³-hybridized carbons (Fsp3) is 0. The number of rotatable bonds is 4. The summed E-state index contributed by atoms with van der Waals surface area (Å²) < 4.78 is 12.8. The first-order valence-corrected chi connectivity index (χ1v) is 9.35. The molecule has 0 fully saturated rings. The molecule has 0 saturated heterocycles. The lowest BCUT2D eigenvalue weighted by atomic mass is 10.3. The third-order valence-electron chi connectivity index (χ3n) is 4.24. The first kappa shape index (κ1) is 17.9. The molecule has 0 bridgehead atoms. The van der Waals surface area contributed by atoms with Gasteiger partial charge in [0.25, 0.3) is 23.6 Å². The Morgan fingerprint density at radius 1 is 0.536 bits per heavy atom. The maximum Gasteiger partial charge on any atom is 0.258 e. The lowest BCUT2D eigenvalue weighted by Gasteiger charge is -2.16. The van der Waals surface area contributed by atoms with Crippen molar-refractivity contribution < 1.29 is 23.7 Å². The lowest BCUT2D eigenvalue weighted by molar-refractivity contribution is -0.121. The molecule has 0 atom stereocenters. The highest BCUT2D eigenvalue weighted by Gasteiger charge is 2.27. The standard InChI is InChI=1S/C20H12N2O5S/c23-17-9-10-18(24)21(17)13-1-5-15(6-2-13)28(27)16-7-3-14(4-8-16)22-19(25)11-12-20(22)26/h1-12H. The molecule has 2 aliphatic heterocycles. The summed E-state index contributed by atoms with van der Waals surface area (Å²) >= 11 is -1.51.